The Balaban J connectivity index is 1.25. The number of fused-ring (bicyclic) bond motifs is 3. The van der Waals surface area contributed by atoms with Gasteiger partial charge in [0.25, 0.3) is 0 Å². The van der Waals surface area contributed by atoms with Crippen molar-refractivity contribution in [3.8, 4) is 5.75 Å². The van der Waals surface area contributed by atoms with Gasteiger partial charge in [0, 0.05) is 44.1 Å². The Morgan fingerprint density at radius 3 is 2.68 bits per heavy atom. The molecule has 164 valence electrons. The molecule has 5 rings (SSSR count). The van der Waals surface area contributed by atoms with Gasteiger partial charge in [-0.2, -0.15) is 4.98 Å². The summed E-state index contributed by atoms with van der Waals surface area (Å²) in [4.78, 5) is 25.5. The average Bonchev–Trinajstić information content (AvgIpc) is 3.21. The molecule has 2 fully saturated rings. The van der Waals surface area contributed by atoms with Crippen LogP contribution in [0.15, 0.2) is 18.3 Å². The third kappa shape index (κ3) is 3.43. The monoisotopic (exact) mass is 433 g/mol. The van der Waals surface area contributed by atoms with Gasteiger partial charge < -0.3 is 19.9 Å². The van der Waals surface area contributed by atoms with E-state index in [1.165, 1.54) is 0 Å². The lowest BCUT2D eigenvalue weighted by Gasteiger charge is -2.39. The maximum atomic E-state index is 13.3. The smallest absolute Gasteiger partial charge is 0.249 e. The van der Waals surface area contributed by atoms with E-state index in [1.54, 1.807) is 11.1 Å². The highest BCUT2D eigenvalue weighted by molar-refractivity contribution is 6.05. The number of benzene rings is 1. The predicted octanol–water partition coefficient (Wildman–Crippen LogP) is 3.25. The van der Waals surface area contributed by atoms with E-state index in [0.717, 1.165) is 43.0 Å². The van der Waals surface area contributed by atoms with Crippen LogP contribution in [0, 0.1) is 17.5 Å². The van der Waals surface area contributed by atoms with E-state index < -0.39 is 17.5 Å². The molecule has 0 bridgehead atoms. The van der Waals surface area contributed by atoms with E-state index in [1.807, 2.05) is 6.92 Å². The molecule has 1 saturated heterocycles. The first-order chi connectivity index (χ1) is 14.9. The highest BCUT2D eigenvalue weighted by atomic mass is 19.2. The van der Waals surface area contributed by atoms with Crippen molar-refractivity contribution in [2.75, 3.05) is 28.2 Å². The van der Waals surface area contributed by atoms with E-state index in [-0.39, 0.29) is 29.8 Å². The van der Waals surface area contributed by atoms with Crippen molar-refractivity contribution < 1.29 is 22.7 Å². The number of rotatable bonds is 5. The number of amides is 1. The molecule has 2 aromatic rings. The first-order valence-electron chi connectivity index (χ1n) is 10.5. The quantitative estimate of drug-likeness (QED) is 0.730. The number of likely N-dealkylation sites (N-methyl/N-ethyl adjacent to an activating group) is 1. The third-order valence-corrected chi connectivity index (χ3v) is 6.12. The minimum absolute atomic E-state index is 0.0331. The number of hydrogen-bond donors (Lipinski definition) is 1. The molecule has 2 aliphatic heterocycles. The number of halogens is 3. The van der Waals surface area contributed by atoms with Gasteiger partial charge in [0.05, 0.1) is 6.20 Å². The van der Waals surface area contributed by atoms with Crippen LogP contribution in [0.2, 0.25) is 0 Å². The zero-order valence-electron chi connectivity index (χ0n) is 16.9. The molecule has 3 heterocycles. The Labute approximate surface area is 177 Å². The van der Waals surface area contributed by atoms with Crippen LogP contribution in [0.1, 0.15) is 32.6 Å². The first kappa shape index (κ1) is 19.9. The molecule has 10 heteroatoms. The standard InChI is InChI=1S/C21H22F3N5O2/c1-2-28-17-10-25-21(27-19(17)29-5-3-4-16(29)20(28)30)26-11-6-12(7-11)31-13-8-14(22)18(24)15(23)9-13/h8-12,16H,2-7H2,1H3,(H,25,26,27). The number of hydrogen-bond acceptors (Lipinski definition) is 6. The lowest BCUT2D eigenvalue weighted by atomic mass is 9.89. The summed E-state index contributed by atoms with van der Waals surface area (Å²) in [7, 11) is 0. The Kier molecular flexibility index (Phi) is 4.86. The minimum Gasteiger partial charge on any atom is -0.490 e. The third-order valence-electron chi connectivity index (χ3n) is 6.12. The molecule has 1 aromatic heterocycles. The minimum atomic E-state index is -1.51. The van der Waals surface area contributed by atoms with Gasteiger partial charge in [0.1, 0.15) is 23.6 Å². The molecule has 1 aliphatic carbocycles. The molecule has 7 nitrogen and oxygen atoms in total. The van der Waals surface area contributed by atoms with Crippen molar-refractivity contribution in [2.45, 2.75) is 50.8 Å². The fourth-order valence-electron chi connectivity index (χ4n) is 4.49. The summed E-state index contributed by atoms with van der Waals surface area (Å²) in [5, 5.41) is 3.26. The summed E-state index contributed by atoms with van der Waals surface area (Å²) in [6, 6.07) is 1.58. The van der Waals surface area contributed by atoms with E-state index in [0.29, 0.717) is 25.3 Å². The number of carbonyl (C=O) groups excluding carboxylic acids is 1. The summed E-state index contributed by atoms with van der Waals surface area (Å²) in [5.41, 5.74) is 0.728. The van der Waals surface area contributed by atoms with Crippen molar-refractivity contribution in [2.24, 2.45) is 0 Å². The van der Waals surface area contributed by atoms with Gasteiger partial charge in [-0.25, -0.2) is 18.2 Å². The van der Waals surface area contributed by atoms with Crippen molar-refractivity contribution in [3.63, 3.8) is 0 Å². The lowest BCUT2D eigenvalue weighted by molar-refractivity contribution is -0.119. The summed E-state index contributed by atoms with van der Waals surface area (Å²) in [5.74, 6) is -2.74. The number of nitrogens with zero attached hydrogens (tertiary/aromatic N) is 4. The molecule has 0 spiro atoms. The van der Waals surface area contributed by atoms with Crippen LogP contribution in [0.4, 0.5) is 30.6 Å². The Hall–Kier alpha value is -3.04. The molecule has 1 unspecified atom stereocenters. The van der Waals surface area contributed by atoms with Gasteiger partial charge >= 0.3 is 0 Å². The molecule has 0 radical (unpaired) electrons. The second-order valence-corrected chi connectivity index (χ2v) is 8.09. The highest BCUT2D eigenvalue weighted by Gasteiger charge is 2.42. The summed E-state index contributed by atoms with van der Waals surface area (Å²) in [6.07, 6.45) is 4.40. The molecule has 31 heavy (non-hydrogen) atoms. The van der Waals surface area contributed by atoms with Crippen LogP contribution < -0.4 is 19.9 Å². The van der Waals surface area contributed by atoms with Crippen molar-refractivity contribution in [1.29, 1.82) is 0 Å². The van der Waals surface area contributed by atoms with E-state index in [4.69, 9.17) is 4.74 Å². The number of carbonyl (C=O) groups is 1. The van der Waals surface area contributed by atoms with Gasteiger partial charge in [-0.15, -0.1) is 0 Å². The maximum absolute atomic E-state index is 13.3. The maximum Gasteiger partial charge on any atom is 0.249 e. The van der Waals surface area contributed by atoms with Crippen molar-refractivity contribution >= 4 is 23.4 Å². The number of anilines is 3. The van der Waals surface area contributed by atoms with E-state index in [9.17, 15) is 18.0 Å². The topological polar surface area (TPSA) is 70.6 Å². The Morgan fingerprint density at radius 1 is 1.23 bits per heavy atom. The summed E-state index contributed by atoms with van der Waals surface area (Å²) >= 11 is 0. The summed E-state index contributed by atoms with van der Waals surface area (Å²) < 4.78 is 45.3. The molecule has 1 aromatic carbocycles. The SMILES string of the molecule is CCN1C(=O)C2CCCN2c2nc(NC3CC(Oc4cc(F)c(F)c(F)c4)C3)ncc21. The van der Waals surface area contributed by atoms with Gasteiger partial charge in [-0.3, -0.25) is 4.79 Å². The molecule has 1 N–H and O–H groups in total. The lowest BCUT2D eigenvalue weighted by Crippen LogP contribution is -2.51. The van der Waals surface area contributed by atoms with E-state index in [2.05, 4.69) is 20.2 Å². The highest BCUT2D eigenvalue weighted by Crippen LogP contribution is 2.39. The van der Waals surface area contributed by atoms with Crippen molar-refractivity contribution in [1.82, 2.24) is 9.97 Å². The molecule has 1 saturated carbocycles. The second kappa shape index (κ2) is 7.58. The second-order valence-electron chi connectivity index (χ2n) is 8.09. The number of nitrogens with one attached hydrogen (secondary N) is 1. The number of ether oxygens (including phenoxy) is 1. The van der Waals surface area contributed by atoms with E-state index >= 15 is 0 Å². The van der Waals surface area contributed by atoms with Crippen LogP contribution >= 0.6 is 0 Å². The zero-order valence-corrected chi connectivity index (χ0v) is 16.9. The van der Waals surface area contributed by atoms with Gasteiger partial charge in [0.15, 0.2) is 23.3 Å². The van der Waals surface area contributed by atoms with Gasteiger partial charge in [-0.05, 0) is 19.8 Å². The van der Waals surface area contributed by atoms with Crippen LogP contribution in [0.25, 0.3) is 0 Å². The van der Waals surface area contributed by atoms with Crippen LogP contribution in [0.3, 0.4) is 0 Å². The average molecular weight is 433 g/mol. The molecule has 3 aliphatic rings. The predicted molar refractivity (Wildman–Crippen MR) is 108 cm³/mol. The number of aromatic nitrogens is 2. The Bertz CT molecular complexity index is 1010. The van der Waals surface area contributed by atoms with Crippen LogP contribution in [0.5, 0.6) is 5.75 Å². The summed E-state index contributed by atoms with van der Waals surface area (Å²) in [6.45, 7) is 3.30. The fraction of sp³-hybridized carbons (Fsp3) is 0.476. The first-order valence-corrected chi connectivity index (χ1v) is 10.5. The molecule has 1 atom stereocenters. The molecular formula is C21H22F3N5O2. The van der Waals surface area contributed by atoms with Crippen molar-refractivity contribution in [3.05, 3.63) is 35.8 Å². The largest absolute Gasteiger partial charge is 0.490 e. The molecule has 1 amide bonds. The fourth-order valence-corrected chi connectivity index (χ4v) is 4.49. The van der Waals surface area contributed by atoms with Crippen LogP contribution in [-0.4, -0.2) is 47.2 Å². The Morgan fingerprint density at radius 2 is 1.97 bits per heavy atom. The molecular weight excluding hydrogens is 411 g/mol. The normalized spacial score (nSPS) is 24.5. The zero-order chi connectivity index (χ0) is 21.7. The van der Waals surface area contributed by atoms with Gasteiger partial charge in [-0.1, -0.05) is 0 Å². The van der Waals surface area contributed by atoms with Crippen LogP contribution in [-0.2, 0) is 4.79 Å². The van der Waals surface area contributed by atoms with Gasteiger partial charge in [0.2, 0.25) is 11.9 Å².